The molecular weight excluding hydrogens is 478 g/mol. The second kappa shape index (κ2) is 10.9. The van der Waals surface area contributed by atoms with Crippen LogP contribution in [0.25, 0.3) is 22.6 Å². The average molecular weight is 504 g/mol. The van der Waals surface area contributed by atoms with Gasteiger partial charge in [-0.1, -0.05) is 38.1 Å². The average Bonchev–Trinajstić information content (AvgIpc) is 3.30. The first-order valence-corrected chi connectivity index (χ1v) is 11.6. The Balaban J connectivity index is 1.39. The van der Waals surface area contributed by atoms with E-state index in [1.807, 2.05) is 13.8 Å². The Morgan fingerprint density at radius 1 is 1.11 bits per heavy atom. The summed E-state index contributed by atoms with van der Waals surface area (Å²) in [5.74, 6) is -0.585. The van der Waals surface area contributed by atoms with Crippen molar-refractivity contribution in [1.29, 1.82) is 0 Å². The lowest BCUT2D eigenvalue weighted by molar-refractivity contribution is -0.385. The smallest absolute Gasteiger partial charge is 0.310 e. The highest BCUT2D eigenvalue weighted by molar-refractivity contribution is 6.04. The molecule has 3 aromatic carbocycles. The summed E-state index contributed by atoms with van der Waals surface area (Å²) in [6.45, 7) is 4.61. The van der Waals surface area contributed by atoms with Crippen molar-refractivity contribution < 1.29 is 28.8 Å². The number of nitrogens with zero attached hydrogens (tertiary/aromatic N) is 2. The first-order chi connectivity index (χ1) is 17.7. The van der Waals surface area contributed by atoms with Gasteiger partial charge in [0.25, 0.3) is 5.91 Å². The van der Waals surface area contributed by atoms with Crippen LogP contribution < -0.4 is 5.32 Å². The number of fused-ring (bicyclic) bond motifs is 1. The lowest BCUT2D eigenvalue weighted by Gasteiger charge is -2.07. The number of amides is 1. The zero-order valence-corrected chi connectivity index (χ0v) is 20.3. The first kappa shape index (κ1) is 25.4. The fourth-order valence-electron chi connectivity index (χ4n) is 3.60. The zero-order chi connectivity index (χ0) is 26.5. The van der Waals surface area contributed by atoms with Gasteiger partial charge in [-0.2, -0.15) is 0 Å². The molecular formula is C27H25N3O7. The number of aromatic nitrogens is 1. The minimum absolute atomic E-state index is 0.0196. The van der Waals surface area contributed by atoms with Gasteiger partial charge in [-0.15, -0.1) is 0 Å². The van der Waals surface area contributed by atoms with Gasteiger partial charge >= 0.3 is 11.7 Å². The number of carbonyl (C=O) groups is 2. The lowest BCUT2D eigenvalue weighted by atomic mass is 10.1. The summed E-state index contributed by atoms with van der Waals surface area (Å²) in [4.78, 5) is 39.3. The van der Waals surface area contributed by atoms with Crippen LogP contribution in [0.5, 0.6) is 5.75 Å². The molecule has 4 rings (SSSR count). The molecule has 0 atom stereocenters. The molecule has 0 radical (unpaired) electrons. The topological polar surface area (TPSA) is 145 Å². The van der Waals surface area contributed by atoms with Gasteiger partial charge in [0.1, 0.15) is 12.1 Å². The number of hydrogen-bond acceptors (Lipinski definition) is 8. The maximum Gasteiger partial charge on any atom is 0.310 e. The number of hydrogen-bond donors (Lipinski definition) is 2. The van der Waals surface area contributed by atoms with Crippen LogP contribution >= 0.6 is 0 Å². The quantitative estimate of drug-likeness (QED) is 0.189. The fourth-order valence-corrected chi connectivity index (χ4v) is 3.60. The van der Waals surface area contributed by atoms with E-state index in [-0.39, 0.29) is 18.9 Å². The Morgan fingerprint density at radius 2 is 1.84 bits per heavy atom. The molecule has 0 unspecified atom stereocenters. The van der Waals surface area contributed by atoms with Crippen LogP contribution in [0.15, 0.2) is 65.1 Å². The first-order valence-electron chi connectivity index (χ1n) is 11.6. The lowest BCUT2D eigenvalue weighted by Crippen LogP contribution is -2.27. The van der Waals surface area contributed by atoms with Gasteiger partial charge in [-0.3, -0.25) is 19.7 Å². The van der Waals surface area contributed by atoms with E-state index in [1.54, 1.807) is 42.5 Å². The largest absolute Gasteiger partial charge is 0.502 e. The number of aromatic hydroxyl groups is 1. The predicted octanol–water partition coefficient (Wildman–Crippen LogP) is 4.78. The fraction of sp³-hybridized carbons (Fsp3) is 0.222. The van der Waals surface area contributed by atoms with E-state index in [9.17, 15) is 24.8 Å². The van der Waals surface area contributed by atoms with Crippen molar-refractivity contribution in [2.24, 2.45) is 5.92 Å². The number of nitro groups is 1. The molecule has 0 saturated heterocycles. The van der Waals surface area contributed by atoms with Crippen molar-refractivity contribution in [2.75, 3.05) is 6.54 Å². The van der Waals surface area contributed by atoms with Gasteiger partial charge in [0.2, 0.25) is 5.89 Å². The molecule has 0 bridgehead atoms. The number of benzene rings is 3. The highest BCUT2D eigenvalue weighted by Gasteiger charge is 2.17. The molecule has 0 fully saturated rings. The van der Waals surface area contributed by atoms with E-state index in [4.69, 9.17) is 9.15 Å². The summed E-state index contributed by atoms with van der Waals surface area (Å²) in [7, 11) is 0. The van der Waals surface area contributed by atoms with Crippen molar-refractivity contribution in [3.05, 3.63) is 87.5 Å². The molecule has 1 amide bonds. The van der Waals surface area contributed by atoms with Gasteiger partial charge in [0.05, 0.1) is 16.9 Å². The van der Waals surface area contributed by atoms with E-state index in [0.29, 0.717) is 46.1 Å². The highest BCUT2D eigenvalue weighted by Crippen LogP contribution is 2.28. The molecule has 4 aromatic rings. The van der Waals surface area contributed by atoms with Gasteiger partial charge in [0.15, 0.2) is 11.3 Å². The summed E-state index contributed by atoms with van der Waals surface area (Å²) >= 11 is 0. The summed E-state index contributed by atoms with van der Waals surface area (Å²) in [5, 5.41) is 23.4. The number of rotatable bonds is 9. The number of phenolic OH excluding ortho intramolecular Hbond substituents is 1. The maximum absolute atomic E-state index is 12.6. The maximum atomic E-state index is 12.6. The third-order valence-electron chi connectivity index (χ3n) is 5.52. The normalized spacial score (nSPS) is 11.0. The minimum Gasteiger partial charge on any atom is -0.502 e. The van der Waals surface area contributed by atoms with Crippen LogP contribution in [-0.2, 0) is 22.6 Å². The van der Waals surface area contributed by atoms with Crippen LogP contribution in [0.4, 0.5) is 5.69 Å². The number of nitrogens with one attached hydrogen (secondary N) is 1. The molecule has 2 N–H and O–H groups in total. The van der Waals surface area contributed by atoms with Gasteiger partial charge in [-0.05, 0) is 47.4 Å². The Morgan fingerprint density at radius 3 is 2.51 bits per heavy atom. The van der Waals surface area contributed by atoms with Crippen LogP contribution in [-0.4, -0.2) is 33.4 Å². The number of oxazole rings is 1. The SMILES string of the molecule is CC(C)CNC(=O)c1cccc2nc(-c3ccc(COC(=O)Cc4ccc([N+](=O)[O-])c(O)c4)cc3)oc12. The van der Waals surface area contributed by atoms with E-state index >= 15 is 0 Å². The molecule has 190 valence electrons. The van der Waals surface area contributed by atoms with Gasteiger partial charge in [-0.25, -0.2) is 4.98 Å². The molecule has 0 aliphatic rings. The van der Waals surface area contributed by atoms with E-state index in [1.165, 1.54) is 12.1 Å². The van der Waals surface area contributed by atoms with E-state index in [0.717, 1.165) is 11.6 Å². The van der Waals surface area contributed by atoms with Crippen LogP contribution in [0, 0.1) is 16.0 Å². The number of esters is 1. The second-order valence-electron chi connectivity index (χ2n) is 8.89. The Labute approximate surface area is 212 Å². The van der Waals surface area contributed by atoms with Crippen molar-refractivity contribution in [2.45, 2.75) is 26.9 Å². The van der Waals surface area contributed by atoms with Crippen molar-refractivity contribution in [3.63, 3.8) is 0 Å². The molecule has 1 aromatic heterocycles. The van der Waals surface area contributed by atoms with Crippen molar-refractivity contribution in [3.8, 4) is 17.2 Å². The molecule has 10 nitrogen and oxygen atoms in total. The van der Waals surface area contributed by atoms with Gasteiger partial charge < -0.3 is 19.6 Å². The number of phenols is 1. The molecule has 0 aliphatic carbocycles. The van der Waals surface area contributed by atoms with E-state index in [2.05, 4.69) is 10.3 Å². The molecule has 0 spiro atoms. The van der Waals surface area contributed by atoms with Gasteiger partial charge in [0, 0.05) is 18.2 Å². The Kier molecular flexibility index (Phi) is 7.47. The molecule has 37 heavy (non-hydrogen) atoms. The van der Waals surface area contributed by atoms with Crippen molar-refractivity contribution >= 4 is 28.7 Å². The summed E-state index contributed by atoms with van der Waals surface area (Å²) in [6.07, 6.45) is -0.139. The highest BCUT2D eigenvalue weighted by atomic mass is 16.6. The minimum atomic E-state index is -0.703. The van der Waals surface area contributed by atoms with Crippen molar-refractivity contribution in [1.82, 2.24) is 10.3 Å². The number of para-hydroxylation sites is 1. The number of nitro benzene ring substituents is 1. The van der Waals surface area contributed by atoms with Crippen LogP contribution in [0.3, 0.4) is 0 Å². The Hall–Kier alpha value is -4.73. The molecule has 10 heteroatoms. The summed E-state index contributed by atoms with van der Waals surface area (Å²) in [6, 6.07) is 16.0. The molecule has 1 heterocycles. The third-order valence-corrected chi connectivity index (χ3v) is 5.52. The number of ether oxygens (including phenoxy) is 1. The second-order valence-corrected chi connectivity index (χ2v) is 8.89. The van der Waals surface area contributed by atoms with Crippen LogP contribution in [0.2, 0.25) is 0 Å². The Bertz CT molecular complexity index is 1460. The third kappa shape index (κ3) is 6.10. The zero-order valence-electron chi connectivity index (χ0n) is 20.3. The summed E-state index contributed by atoms with van der Waals surface area (Å²) < 4.78 is 11.2. The van der Waals surface area contributed by atoms with Crippen LogP contribution in [0.1, 0.15) is 35.3 Å². The van der Waals surface area contributed by atoms with E-state index < -0.39 is 22.3 Å². The standard InChI is InChI=1S/C27H25N3O7/c1-16(2)14-28-26(33)20-4-3-5-21-25(20)37-27(29-21)19-9-6-17(7-10-19)15-36-24(32)13-18-8-11-22(30(34)35)23(31)12-18/h3-12,16,31H,13-15H2,1-2H3,(H,28,33). The molecule has 0 aliphatic heterocycles. The summed E-state index contributed by atoms with van der Waals surface area (Å²) in [5.41, 5.74) is 2.80. The predicted molar refractivity (Wildman–Crippen MR) is 135 cm³/mol. The number of carbonyl (C=O) groups excluding carboxylic acids is 2. The molecule has 0 saturated carbocycles. The monoisotopic (exact) mass is 503 g/mol.